The van der Waals surface area contributed by atoms with Crippen LogP contribution < -0.4 is 5.32 Å². The van der Waals surface area contributed by atoms with Crippen LogP contribution in [-0.4, -0.2) is 7.05 Å². The van der Waals surface area contributed by atoms with Gasteiger partial charge in [0, 0.05) is 5.39 Å². The molecule has 0 radical (unpaired) electrons. The summed E-state index contributed by atoms with van der Waals surface area (Å²) < 4.78 is 5.93. The SMILES string of the molecule is CNC(Cc1ccccc1)c1cc2cccc(Cl)c2o1. The van der Waals surface area contributed by atoms with Gasteiger partial charge < -0.3 is 9.73 Å². The van der Waals surface area contributed by atoms with Crippen molar-refractivity contribution in [2.45, 2.75) is 12.5 Å². The Hall–Kier alpha value is -1.77. The Kier molecular flexibility index (Phi) is 3.77. The minimum Gasteiger partial charge on any atom is -0.458 e. The number of benzene rings is 2. The van der Waals surface area contributed by atoms with Gasteiger partial charge in [-0.3, -0.25) is 0 Å². The zero-order chi connectivity index (χ0) is 13.9. The van der Waals surface area contributed by atoms with Crippen LogP contribution in [0.25, 0.3) is 11.0 Å². The summed E-state index contributed by atoms with van der Waals surface area (Å²) in [5.74, 6) is 0.916. The molecule has 0 aliphatic carbocycles. The van der Waals surface area contributed by atoms with E-state index in [1.807, 2.05) is 31.3 Å². The lowest BCUT2D eigenvalue weighted by Crippen LogP contribution is -2.18. The smallest absolute Gasteiger partial charge is 0.152 e. The third-order valence-corrected chi connectivity index (χ3v) is 3.79. The molecule has 0 aliphatic heterocycles. The Morgan fingerprint density at radius 2 is 1.90 bits per heavy atom. The van der Waals surface area contributed by atoms with E-state index in [0.29, 0.717) is 5.02 Å². The first-order chi connectivity index (χ1) is 9.78. The minimum atomic E-state index is 0.140. The Labute approximate surface area is 123 Å². The summed E-state index contributed by atoms with van der Waals surface area (Å²) in [6.45, 7) is 0. The first-order valence-electron chi connectivity index (χ1n) is 6.67. The first-order valence-corrected chi connectivity index (χ1v) is 7.05. The zero-order valence-corrected chi connectivity index (χ0v) is 12.0. The van der Waals surface area contributed by atoms with Gasteiger partial charge in [0.15, 0.2) is 5.58 Å². The number of likely N-dealkylation sites (N-methyl/N-ethyl adjacent to an activating group) is 1. The maximum atomic E-state index is 6.16. The van der Waals surface area contributed by atoms with E-state index in [9.17, 15) is 0 Å². The highest BCUT2D eigenvalue weighted by Crippen LogP contribution is 2.30. The number of fused-ring (bicyclic) bond motifs is 1. The lowest BCUT2D eigenvalue weighted by molar-refractivity contribution is 0.451. The van der Waals surface area contributed by atoms with Crippen LogP contribution >= 0.6 is 11.6 Å². The van der Waals surface area contributed by atoms with Crippen molar-refractivity contribution < 1.29 is 4.42 Å². The van der Waals surface area contributed by atoms with E-state index in [1.165, 1.54) is 5.56 Å². The summed E-state index contributed by atoms with van der Waals surface area (Å²) in [4.78, 5) is 0. The number of hydrogen-bond acceptors (Lipinski definition) is 2. The molecule has 1 atom stereocenters. The molecule has 0 bridgehead atoms. The van der Waals surface area contributed by atoms with E-state index < -0.39 is 0 Å². The van der Waals surface area contributed by atoms with Crippen LogP contribution in [0.3, 0.4) is 0 Å². The summed E-state index contributed by atoms with van der Waals surface area (Å²) in [5.41, 5.74) is 2.04. The molecule has 0 saturated carbocycles. The summed E-state index contributed by atoms with van der Waals surface area (Å²) in [5, 5.41) is 5.01. The second-order valence-corrected chi connectivity index (χ2v) is 5.25. The second kappa shape index (κ2) is 5.70. The first kappa shape index (κ1) is 13.2. The average Bonchev–Trinajstić information content (AvgIpc) is 2.91. The van der Waals surface area contributed by atoms with Gasteiger partial charge in [0.05, 0.1) is 11.1 Å². The Morgan fingerprint density at radius 3 is 2.60 bits per heavy atom. The van der Waals surface area contributed by atoms with E-state index in [0.717, 1.165) is 23.2 Å². The lowest BCUT2D eigenvalue weighted by Gasteiger charge is -2.13. The number of para-hydroxylation sites is 1. The topological polar surface area (TPSA) is 25.2 Å². The van der Waals surface area contributed by atoms with Gasteiger partial charge in [0.2, 0.25) is 0 Å². The fourth-order valence-electron chi connectivity index (χ4n) is 2.41. The summed E-state index contributed by atoms with van der Waals surface area (Å²) in [6, 6.07) is 18.4. The highest BCUT2D eigenvalue weighted by Gasteiger charge is 2.16. The van der Waals surface area contributed by atoms with Crippen molar-refractivity contribution in [3.05, 3.63) is 70.9 Å². The highest BCUT2D eigenvalue weighted by molar-refractivity contribution is 6.34. The van der Waals surface area contributed by atoms with E-state index in [4.69, 9.17) is 16.0 Å². The normalized spacial score (nSPS) is 12.7. The molecule has 20 heavy (non-hydrogen) atoms. The molecule has 1 heterocycles. The molecule has 0 aliphatic rings. The molecule has 3 aromatic rings. The van der Waals surface area contributed by atoms with Crippen LogP contribution in [0.5, 0.6) is 0 Å². The Bertz CT molecular complexity index is 705. The van der Waals surface area contributed by atoms with Gasteiger partial charge in [0.25, 0.3) is 0 Å². The zero-order valence-electron chi connectivity index (χ0n) is 11.3. The van der Waals surface area contributed by atoms with Gasteiger partial charge in [0.1, 0.15) is 5.76 Å². The van der Waals surface area contributed by atoms with Gasteiger partial charge in [-0.15, -0.1) is 0 Å². The third kappa shape index (κ3) is 2.58. The molecule has 1 aromatic heterocycles. The molecule has 1 unspecified atom stereocenters. The molecule has 2 nitrogen and oxygen atoms in total. The van der Waals surface area contributed by atoms with Crippen molar-refractivity contribution in [1.82, 2.24) is 5.32 Å². The van der Waals surface area contributed by atoms with Crippen LogP contribution in [0.4, 0.5) is 0 Å². The molecule has 3 rings (SSSR count). The molecular weight excluding hydrogens is 270 g/mol. The standard InChI is InChI=1S/C17H16ClNO/c1-19-15(10-12-6-3-2-4-7-12)16-11-13-8-5-9-14(18)17(13)20-16/h2-9,11,15,19H,10H2,1H3. The monoisotopic (exact) mass is 285 g/mol. The molecule has 0 fully saturated rings. The third-order valence-electron chi connectivity index (χ3n) is 3.49. The lowest BCUT2D eigenvalue weighted by atomic mass is 10.0. The van der Waals surface area contributed by atoms with Crippen LogP contribution in [0.1, 0.15) is 17.4 Å². The Morgan fingerprint density at radius 1 is 1.10 bits per heavy atom. The quantitative estimate of drug-likeness (QED) is 0.758. The predicted octanol–water partition coefficient (Wildman–Crippen LogP) is 4.59. The maximum Gasteiger partial charge on any atom is 0.152 e. The van der Waals surface area contributed by atoms with Crippen LogP contribution in [0, 0.1) is 0 Å². The fourth-order valence-corrected chi connectivity index (χ4v) is 2.63. The number of rotatable bonds is 4. The number of nitrogens with one attached hydrogen (secondary N) is 1. The number of hydrogen-bond donors (Lipinski definition) is 1. The largest absolute Gasteiger partial charge is 0.458 e. The Balaban J connectivity index is 1.93. The van der Waals surface area contributed by atoms with Crippen molar-refractivity contribution >= 4 is 22.6 Å². The molecular formula is C17H16ClNO. The number of halogens is 1. The van der Waals surface area contributed by atoms with Crippen molar-refractivity contribution in [1.29, 1.82) is 0 Å². The van der Waals surface area contributed by atoms with Gasteiger partial charge >= 0.3 is 0 Å². The summed E-state index contributed by atoms with van der Waals surface area (Å²) in [6.07, 6.45) is 0.884. The predicted molar refractivity (Wildman–Crippen MR) is 83.2 cm³/mol. The van der Waals surface area contributed by atoms with Gasteiger partial charge in [-0.25, -0.2) is 0 Å². The van der Waals surface area contributed by atoms with E-state index in [-0.39, 0.29) is 6.04 Å². The fraction of sp³-hybridized carbons (Fsp3) is 0.176. The molecule has 102 valence electrons. The molecule has 0 spiro atoms. The molecule has 2 aromatic carbocycles. The van der Waals surface area contributed by atoms with E-state index >= 15 is 0 Å². The van der Waals surface area contributed by atoms with Crippen molar-refractivity contribution in [3.63, 3.8) is 0 Å². The molecule has 0 saturated heterocycles. The molecule has 3 heteroatoms. The summed E-state index contributed by atoms with van der Waals surface area (Å²) in [7, 11) is 1.95. The highest BCUT2D eigenvalue weighted by atomic mass is 35.5. The van der Waals surface area contributed by atoms with E-state index in [1.54, 1.807) is 0 Å². The van der Waals surface area contributed by atoms with Crippen LogP contribution in [0.15, 0.2) is 59.0 Å². The van der Waals surface area contributed by atoms with Gasteiger partial charge in [-0.2, -0.15) is 0 Å². The maximum absolute atomic E-state index is 6.16. The minimum absolute atomic E-state index is 0.140. The van der Waals surface area contributed by atoms with Crippen LogP contribution in [-0.2, 0) is 6.42 Å². The van der Waals surface area contributed by atoms with Crippen molar-refractivity contribution in [2.75, 3.05) is 7.05 Å². The summed E-state index contributed by atoms with van der Waals surface area (Å²) >= 11 is 6.16. The van der Waals surface area contributed by atoms with Gasteiger partial charge in [-0.05, 0) is 31.2 Å². The van der Waals surface area contributed by atoms with Crippen LogP contribution in [0.2, 0.25) is 5.02 Å². The van der Waals surface area contributed by atoms with Crippen molar-refractivity contribution in [2.24, 2.45) is 0 Å². The van der Waals surface area contributed by atoms with Gasteiger partial charge in [-0.1, -0.05) is 54.1 Å². The van der Waals surface area contributed by atoms with E-state index in [2.05, 4.69) is 35.6 Å². The average molecular weight is 286 g/mol. The molecule has 1 N–H and O–H groups in total. The second-order valence-electron chi connectivity index (χ2n) is 4.84. The number of furan rings is 1. The molecule has 0 amide bonds. The van der Waals surface area contributed by atoms with Crippen molar-refractivity contribution in [3.8, 4) is 0 Å².